The van der Waals surface area contributed by atoms with Crippen LogP contribution in [0.4, 0.5) is 18.3 Å². The second-order valence-electron chi connectivity index (χ2n) is 3.80. The number of alkyl halides is 3. The van der Waals surface area contributed by atoms with Gasteiger partial charge in [0.1, 0.15) is 0 Å². The van der Waals surface area contributed by atoms with E-state index in [0.29, 0.717) is 19.8 Å². The molecule has 5 nitrogen and oxygen atoms in total. The number of hydrogen-bond donors (Lipinski definition) is 1. The van der Waals surface area contributed by atoms with Crippen LogP contribution < -0.4 is 5.32 Å². The summed E-state index contributed by atoms with van der Waals surface area (Å²) in [6.07, 6.45) is -4.47. The number of nitrogens with one attached hydrogen (secondary N) is 1. The minimum Gasteiger partial charge on any atom is -0.379 e. The molecule has 1 aliphatic rings. The highest BCUT2D eigenvalue weighted by molar-refractivity contribution is 7.09. The summed E-state index contributed by atoms with van der Waals surface area (Å²) in [7, 11) is 0. The average Bonchev–Trinajstić information content (AvgIpc) is 2.79. The number of halogens is 3. The molecule has 0 aromatic carbocycles. The van der Waals surface area contributed by atoms with Gasteiger partial charge in [0.2, 0.25) is 11.0 Å². The van der Waals surface area contributed by atoms with Crippen molar-refractivity contribution in [2.24, 2.45) is 0 Å². The number of hydrogen-bond acceptors (Lipinski definition) is 6. The molecule has 1 fully saturated rings. The molecule has 0 radical (unpaired) electrons. The Morgan fingerprint density at radius 3 is 2.67 bits per heavy atom. The minimum atomic E-state index is -4.47. The Morgan fingerprint density at radius 2 is 2.06 bits per heavy atom. The van der Waals surface area contributed by atoms with Crippen molar-refractivity contribution >= 4 is 16.7 Å². The molecule has 0 bridgehead atoms. The molecular weight excluding hydrogens is 269 g/mol. The highest BCUT2D eigenvalue weighted by Crippen LogP contribution is 2.28. The first-order valence-corrected chi connectivity index (χ1v) is 6.28. The number of anilines is 1. The molecule has 2 heterocycles. The molecule has 1 saturated heterocycles. The Labute approximate surface area is 106 Å². The smallest absolute Gasteiger partial charge is 0.379 e. The Bertz CT molecular complexity index is 378. The fraction of sp³-hybridized carbons (Fsp3) is 0.778. The van der Waals surface area contributed by atoms with Crippen LogP contribution in [0.15, 0.2) is 0 Å². The molecule has 0 aliphatic carbocycles. The van der Waals surface area contributed by atoms with Crippen molar-refractivity contribution in [2.45, 2.75) is 6.18 Å². The van der Waals surface area contributed by atoms with Crippen molar-refractivity contribution in [3.8, 4) is 0 Å². The van der Waals surface area contributed by atoms with Gasteiger partial charge in [0.15, 0.2) is 0 Å². The number of aromatic nitrogens is 2. The molecule has 1 aromatic rings. The fourth-order valence-corrected chi connectivity index (χ4v) is 2.17. The van der Waals surface area contributed by atoms with E-state index in [2.05, 4.69) is 19.6 Å². The largest absolute Gasteiger partial charge is 0.452 e. The van der Waals surface area contributed by atoms with Crippen LogP contribution in [0.25, 0.3) is 0 Å². The fourth-order valence-electron chi connectivity index (χ4n) is 1.56. The van der Waals surface area contributed by atoms with Crippen molar-refractivity contribution in [1.29, 1.82) is 0 Å². The van der Waals surface area contributed by atoms with Crippen LogP contribution in [0.5, 0.6) is 0 Å². The Balaban J connectivity index is 1.74. The van der Waals surface area contributed by atoms with Gasteiger partial charge in [0, 0.05) is 37.7 Å². The van der Waals surface area contributed by atoms with Gasteiger partial charge < -0.3 is 10.1 Å². The number of morpholine rings is 1. The zero-order valence-corrected chi connectivity index (χ0v) is 10.4. The normalized spacial score (nSPS) is 17.9. The van der Waals surface area contributed by atoms with Gasteiger partial charge in [-0.05, 0) is 0 Å². The molecule has 0 spiro atoms. The SMILES string of the molecule is FC(F)(F)c1nsc(NCCN2CCOCC2)n1. The van der Waals surface area contributed by atoms with Crippen molar-refractivity contribution in [3.63, 3.8) is 0 Å². The third-order valence-electron chi connectivity index (χ3n) is 2.49. The maximum absolute atomic E-state index is 12.2. The molecule has 0 atom stereocenters. The topological polar surface area (TPSA) is 50.3 Å². The second-order valence-corrected chi connectivity index (χ2v) is 4.55. The van der Waals surface area contributed by atoms with Gasteiger partial charge >= 0.3 is 6.18 Å². The van der Waals surface area contributed by atoms with E-state index in [1.54, 1.807) is 0 Å². The Kier molecular flexibility index (Phi) is 4.36. The monoisotopic (exact) mass is 282 g/mol. The predicted molar refractivity (Wildman–Crippen MR) is 60.7 cm³/mol. The third-order valence-corrected chi connectivity index (χ3v) is 3.16. The summed E-state index contributed by atoms with van der Waals surface area (Å²) >= 11 is 0.728. The van der Waals surface area contributed by atoms with Crippen molar-refractivity contribution in [2.75, 3.05) is 44.7 Å². The standard InChI is InChI=1S/C9H13F3N4OS/c10-9(11,12)7-14-8(18-15-7)13-1-2-16-3-5-17-6-4-16/h1-6H2,(H,13,14,15). The van der Waals surface area contributed by atoms with E-state index in [0.717, 1.165) is 31.2 Å². The molecule has 0 unspecified atom stereocenters. The lowest BCUT2D eigenvalue weighted by atomic mass is 10.4. The van der Waals surface area contributed by atoms with E-state index >= 15 is 0 Å². The summed E-state index contributed by atoms with van der Waals surface area (Å²) in [5.41, 5.74) is 0. The zero-order chi connectivity index (χ0) is 13.0. The third kappa shape index (κ3) is 3.79. The first-order chi connectivity index (χ1) is 8.55. The molecule has 1 N–H and O–H groups in total. The summed E-state index contributed by atoms with van der Waals surface area (Å²) in [6.45, 7) is 4.42. The minimum absolute atomic E-state index is 0.204. The van der Waals surface area contributed by atoms with E-state index in [9.17, 15) is 13.2 Å². The van der Waals surface area contributed by atoms with E-state index in [1.165, 1.54) is 0 Å². The summed E-state index contributed by atoms with van der Waals surface area (Å²) in [5, 5.41) is 3.05. The van der Waals surface area contributed by atoms with E-state index < -0.39 is 12.0 Å². The summed E-state index contributed by atoms with van der Waals surface area (Å²) in [4.78, 5) is 5.57. The molecule has 2 rings (SSSR count). The van der Waals surface area contributed by atoms with Gasteiger partial charge in [-0.15, -0.1) is 0 Å². The summed E-state index contributed by atoms with van der Waals surface area (Å²) in [6, 6.07) is 0. The van der Waals surface area contributed by atoms with Crippen molar-refractivity contribution in [3.05, 3.63) is 5.82 Å². The van der Waals surface area contributed by atoms with Crippen LogP contribution in [0, 0.1) is 0 Å². The first-order valence-electron chi connectivity index (χ1n) is 5.50. The quantitative estimate of drug-likeness (QED) is 0.902. The van der Waals surface area contributed by atoms with E-state index in [1.807, 2.05) is 0 Å². The lowest BCUT2D eigenvalue weighted by molar-refractivity contribution is -0.144. The van der Waals surface area contributed by atoms with Crippen LogP contribution >= 0.6 is 11.5 Å². The number of rotatable bonds is 4. The highest BCUT2D eigenvalue weighted by atomic mass is 32.1. The molecule has 1 aromatic heterocycles. The predicted octanol–water partition coefficient (Wildman–Crippen LogP) is 1.30. The summed E-state index contributed by atoms with van der Waals surface area (Å²) in [5.74, 6) is -1.08. The maximum atomic E-state index is 12.2. The number of ether oxygens (including phenoxy) is 1. The molecule has 0 saturated carbocycles. The molecule has 1 aliphatic heterocycles. The van der Waals surface area contributed by atoms with Gasteiger partial charge in [-0.3, -0.25) is 4.90 Å². The van der Waals surface area contributed by atoms with Gasteiger partial charge in [-0.1, -0.05) is 0 Å². The second kappa shape index (κ2) is 5.81. The Morgan fingerprint density at radius 1 is 1.33 bits per heavy atom. The van der Waals surface area contributed by atoms with Gasteiger partial charge in [-0.2, -0.15) is 22.5 Å². The average molecular weight is 282 g/mol. The molecule has 102 valence electrons. The van der Waals surface area contributed by atoms with Crippen LogP contribution in [-0.2, 0) is 10.9 Å². The Hall–Kier alpha value is -0.930. The molecule has 9 heteroatoms. The first kappa shape index (κ1) is 13.5. The molecule has 18 heavy (non-hydrogen) atoms. The lowest BCUT2D eigenvalue weighted by Gasteiger charge is -2.26. The maximum Gasteiger partial charge on any atom is 0.452 e. The van der Waals surface area contributed by atoms with Crippen molar-refractivity contribution in [1.82, 2.24) is 14.3 Å². The van der Waals surface area contributed by atoms with Crippen LogP contribution in [0.3, 0.4) is 0 Å². The zero-order valence-electron chi connectivity index (χ0n) is 9.53. The van der Waals surface area contributed by atoms with E-state index in [-0.39, 0.29) is 5.13 Å². The summed E-state index contributed by atoms with van der Waals surface area (Å²) < 4.78 is 45.2. The van der Waals surface area contributed by atoms with Gasteiger partial charge in [0.25, 0.3) is 0 Å². The number of nitrogens with zero attached hydrogens (tertiary/aromatic N) is 3. The van der Waals surface area contributed by atoms with Gasteiger partial charge in [-0.25, -0.2) is 0 Å². The van der Waals surface area contributed by atoms with Crippen molar-refractivity contribution < 1.29 is 17.9 Å². The van der Waals surface area contributed by atoms with E-state index in [4.69, 9.17) is 4.74 Å². The van der Waals surface area contributed by atoms with Crippen LogP contribution in [-0.4, -0.2) is 53.7 Å². The molecule has 0 amide bonds. The molecular formula is C9H13F3N4OS. The van der Waals surface area contributed by atoms with Crippen LogP contribution in [0.2, 0.25) is 0 Å². The van der Waals surface area contributed by atoms with Crippen LogP contribution in [0.1, 0.15) is 5.82 Å². The van der Waals surface area contributed by atoms with Gasteiger partial charge in [0.05, 0.1) is 13.2 Å². The lowest BCUT2D eigenvalue weighted by Crippen LogP contribution is -2.39. The highest BCUT2D eigenvalue weighted by Gasteiger charge is 2.36.